The highest BCUT2D eigenvalue weighted by molar-refractivity contribution is 7.89. The van der Waals surface area contributed by atoms with Crippen molar-refractivity contribution in [1.82, 2.24) is 4.31 Å². The van der Waals surface area contributed by atoms with Crippen LogP contribution in [0.15, 0.2) is 47.4 Å². The van der Waals surface area contributed by atoms with Crippen LogP contribution < -0.4 is 14.8 Å². The van der Waals surface area contributed by atoms with Crippen LogP contribution in [0.25, 0.3) is 0 Å². The van der Waals surface area contributed by atoms with Crippen molar-refractivity contribution in [3.63, 3.8) is 0 Å². The zero-order valence-corrected chi connectivity index (χ0v) is 16.5. The molecular formula is C20H21FN2O5S. The number of anilines is 1. The van der Waals surface area contributed by atoms with Crippen molar-refractivity contribution in [1.29, 1.82) is 0 Å². The molecule has 0 radical (unpaired) electrons. The van der Waals surface area contributed by atoms with Crippen LogP contribution in [0.3, 0.4) is 0 Å². The Morgan fingerprint density at radius 1 is 1.10 bits per heavy atom. The molecule has 4 rings (SSSR count). The van der Waals surface area contributed by atoms with E-state index >= 15 is 0 Å². The summed E-state index contributed by atoms with van der Waals surface area (Å²) in [5.41, 5.74) is 0.558. The summed E-state index contributed by atoms with van der Waals surface area (Å²) in [7, 11) is -3.80. The van der Waals surface area contributed by atoms with Gasteiger partial charge in [0.05, 0.1) is 4.90 Å². The number of halogens is 1. The third-order valence-corrected chi connectivity index (χ3v) is 7.04. The van der Waals surface area contributed by atoms with Crippen molar-refractivity contribution in [2.75, 3.05) is 18.7 Å². The molecule has 7 nitrogen and oxygen atoms in total. The summed E-state index contributed by atoms with van der Waals surface area (Å²) in [6.07, 6.45) is 2.20. The molecule has 0 aromatic heterocycles. The smallest absolute Gasteiger partial charge is 0.243 e. The summed E-state index contributed by atoms with van der Waals surface area (Å²) in [5.74, 6) is 0.394. The van der Waals surface area contributed by atoms with Crippen molar-refractivity contribution >= 4 is 21.6 Å². The van der Waals surface area contributed by atoms with Gasteiger partial charge in [0.15, 0.2) is 11.5 Å². The van der Waals surface area contributed by atoms with Crippen LogP contribution in [0.4, 0.5) is 10.1 Å². The third kappa shape index (κ3) is 4.20. The van der Waals surface area contributed by atoms with Crippen LogP contribution in [0, 0.1) is 5.82 Å². The van der Waals surface area contributed by atoms with Gasteiger partial charge in [-0.1, -0.05) is 6.42 Å². The third-order valence-electron chi connectivity index (χ3n) is 5.07. The summed E-state index contributed by atoms with van der Waals surface area (Å²) in [6, 6.07) is 9.40. The molecule has 0 bridgehead atoms. The number of benzene rings is 2. The summed E-state index contributed by atoms with van der Waals surface area (Å²) < 4.78 is 51.1. The molecule has 1 N–H and O–H groups in total. The lowest BCUT2D eigenvalue weighted by molar-refractivity contribution is -0.117. The number of nitrogens with one attached hydrogen (secondary N) is 1. The molecular weight excluding hydrogens is 399 g/mol. The number of nitrogens with zero attached hydrogens (tertiary/aromatic N) is 1. The summed E-state index contributed by atoms with van der Waals surface area (Å²) >= 11 is 0. The molecule has 29 heavy (non-hydrogen) atoms. The Hall–Kier alpha value is -2.65. The monoisotopic (exact) mass is 420 g/mol. The van der Waals surface area contributed by atoms with Gasteiger partial charge < -0.3 is 14.8 Å². The fraction of sp³-hybridized carbons (Fsp3) is 0.350. The predicted octanol–water partition coefficient (Wildman–Crippen LogP) is 3.13. The topological polar surface area (TPSA) is 84.9 Å². The van der Waals surface area contributed by atoms with E-state index in [4.69, 9.17) is 9.47 Å². The number of fused-ring (bicyclic) bond motifs is 1. The molecule has 2 aromatic rings. The molecule has 2 aliphatic rings. The minimum Gasteiger partial charge on any atom is -0.454 e. The van der Waals surface area contributed by atoms with Crippen molar-refractivity contribution in [2.45, 2.75) is 36.6 Å². The van der Waals surface area contributed by atoms with Gasteiger partial charge in [0.1, 0.15) is 5.82 Å². The predicted molar refractivity (Wildman–Crippen MR) is 104 cm³/mol. The van der Waals surface area contributed by atoms with E-state index in [-0.39, 0.29) is 24.0 Å². The van der Waals surface area contributed by atoms with Gasteiger partial charge in [0.25, 0.3) is 0 Å². The molecule has 1 atom stereocenters. The Bertz CT molecular complexity index is 1010. The molecule has 2 aliphatic heterocycles. The number of carbonyl (C=O) groups is 1. The maximum absolute atomic E-state index is 13.2. The molecule has 1 fully saturated rings. The lowest BCUT2D eigenvalue weighted by Gasteiger charge is -2.34. The number of rotatable bonds is 5. The molecule has 1 saturated heterocycles. The van der Waals surface area contributed by atoms with E-state index in [9.17, 15) is 17.6 Å². The van der Waals surface area contributed by atoms with Gasteiger partial charge >= 0.3 is 0 Å². The first-order valence-electron chi connectivity index (χ1n) is 9.40. The number of hydrogen-bond donors (Lipinski definition) is 1. The minimum atomic E-state index is -3.80. The minimum absolute atomic E-state index is 0.0296. The average molecular weight is 420 g/mol. The quantitative estimate of drug-likeness (QED) is 0.803. The van der Waals surface area contributed by atoms with E-state index in [0.717, 1.165) is 25.0 Å². The average Bonchev–Trinajstić information content (AvgIpc) is 3.16. The van der Waals surface area contributed by atoms with Crippen molar-refractivity contribution in [2.24, 2.45) is 0 Å². The molecule has 1 amide bonds. The van der Waals surface area contributed by atoms with Gasteiger partial charge in [-0.2, -0.15) is 4.31 Å². The second-order valence-corrected chi connectivity index (χ2v) is 8.93. The number of sulfonamides is 1. The van der Waals surface area contributed by atoms with E-state index in [0.29, 0.717) is 30.2 Å². The lowest BCUT2D eigenvalue weighted by atomic mass is 10.0. The summed E-state index contributed by atoms with van der Waals surface area (Å²) in [4.78, 5) is 12.6. The number of ether oxygens (including phenoxy) is 2. The molecule has 0 unspecified atom stereocenters. The van der Waals surface area contributed by atoms with Crippen LogP contribution in [0.2, 0.25) is 0 Å². The zero-order valence-electron chi connectivity index (χ0n) is 15.6. The van der Waals surface area contributed by atoms with Crippen molar-refractivity contribution in [3.05, 3.63) is 48.3 Å². The van der Waals surface area contributed by atoms with E-state index in [2.05, 4.69) is 5.32 Å². The van der Waals surface area contributed by atoms with Crippen LogP contribution in [0.5, 0.6) is 11.5 Å². The highest BCUT2D eigenvalue weighted by Crippen LogP contribution is 2.34. The SMILES string of the molecule is O=C(C[C@@H]1CCCCN1S(=O)(=O)c1ccc(F)cc1)Nc1ccc2c(c1)OCO2. The number of piperidine rings is 1. The summed E-state index contributed by atoms with van der Waals surface area (Å²) in [5, 5.41) is 2.79. The fourth-order valence-corrected chi connectivity index (χ4v) is 5.33. The fourth-order valence-electron chi connectivity index (χ4n) is 3.64. The second-order valence-electron chi connectivity index (χ2n) is 7.04. The first-order valence-corrected chi connectivity index (χ1v) is 10.8. The Kier molecular flexibility index (Phi) is 5.42. The van der Waals surface area contributed by atoms with Gasteiger partial charge in [0, 0.05) is 30.8 Å². The van der Waals surface area contributed by atoms with E-state index < -0.39 is 21.9 Å². The van der Waals surface area contributed by atoms with Gasteiger partial charge in [-0.25, -0.2) is 12.8 Å². The van der Waals surface area contributed by atoms with E-state index in [1.54, 1.807) is 18.2 Å². The first-order chi connectivity index (χ1) is 13.9. The molecule has 2 aromatic carbocycles. The van der Waals surface area contributed by atoms with Gasteiger partial charge in [-0.3, -0.25) is 4.79 Å². The Morgan fingerprint density at radius 3 is 2.66 bits per heavy atom. The maximum Gasteiger partial charge on any atom is 0.243 e. The van der Waals surface area contributed by atoms with E-state index in [1.165, 1.54) is 16.4 Å². The normalized spacial score (nSPS) is 19.1. The maximum atomic E-state index is 13.2. The van der Waals surface area contributed by atoms with Crippen molar-refractivity contribution in [3.8, 4) is 11.5 Å². The molecule has 2 heterocycles. The molecule has 154 valence electrons. The molecule has 0 aliphatic carbocycles. The van der Waals surface area contributed by atoms with Gasteiger partial charge in [0.2, 0.25) is 22.7 Å². The Balaban J connectivity index is 1.47. The van der Waals surface area contributed by atoms with Crippen LogP contribution in [-0.4, -0.2) is 38.0 Å². The Labute approximate surface area is 168 Å². The van der Waals surface area contributed by atoms with Crippen LogP contribution in [0.1, 0.15) is 25.7 Å². The van der Waals surface area contributed by atoms with Gasteiger partial charge in [-0.05, 0) is 49.2 Å². The van der Waals surface area contributed by atoms with E-state index in [1.807, 2.05) is 0 Å². The molecule has 0 spiro atoms. The molecule has 0 saturated carbocycles. The lowest BCUT2D eigenvalue weighted by Crippen LogP contribution is -2.45. The number of hydrogen-bond acceptors (Lipinski definition) is 5. The highest BCUT2D eigenvalue weighted by atomic mass is 32.2. The number of carbonyl (C=O) groups excluding carboxylic acids is 1. The molecule has 9 heteroatoms. The largest absolute Gasteiger partial charge is 0.454 e. The standard InChI is InChI=1S/C20H21FN2O5S/c21-14-4-7-17(8-5-14)29(25,26)23-10-2-1-3-16(23)12-20(24)22-15-6-9-18-19(11-15)28-13-27-18/h4-9,11,16H,1-3,10,12-13H2,(H,22,24)/t16-/m0/s1. The first kappa shape index (κ1) is 19.7. The number of amides is 1. The Morgan fingerprint density at radius 2 is 1.86 bits per heavy atom. The highest BCUT2D eigenvalue weighted by Gasteiger charge is 2.34. The van der Waals surface area contributed by atoms with Crippen molar-refractivity contribution < 1.29 is 27.1 Å². The van der Waals surface area contributed by atoms with Crippen LogP contribution >= 0.6 is 0 Å². The van der Waals surface area contributed by atoms with Crippen LogP contribution in [-0.2, 0) is 14.8 Å². The van der Waals surface area contributed by atoms with Gasteiger partial charge in [-0.15, -0.1) is 0 Å². The zero-order chi connectivity index (χ0) is 20.4. The second kappa shape index (κ2) is 8.00. The summed E-state index contributed by atoms with van der Waals surface area (Å²) in [6.45, 7) is 0.479.